The van der Waals surface area contributed by atoms with E-state index in [4.69, 9.17) is 14.2 Å². The zero-order chi connectivity index (χ0) is 19.8. The van der Waals surface area contributed by atoms with Gasteiger partial charge in [0.1, 0.15) is 23.9 Å². The van der Waals surface area contributed by atoms with Crippen molar-refractivity contribution >= 4 is 11.8 Å². The lowest BCUT2D eigenvalue weighted by Gasteiger charge is -2.12. The Kier molecular flexibility index (Phi) is 6.80. The van der Waals surface area contributed by atoms with E-state index < -0.39 is 17.6 Å². The Balaban J connectivity index is 1.38. The van der Waals surface area contributed by atoms with Crippen LogP contribution in [0, 0.1) is 5.82 Å². The molecule has 1 saturated heterocycles. The second-order valence-corrected chi connectivity index (χ2v) is 6.22. The Bertz CT molecular complexity index is 789. The van der Waals surface area contributed by atoms with Crippen LogP contribution in [0.25, 0.3) is 0 Å². The lowest BCUT2D eigenvalue weighted by Crippen LogP contribution is -2.43. The lowest BCUT2D eigenvalue weighted by atomic mass is 10.2. The molecule has 2 N–H and O–H groups in total. The summed E-state index contributed by atoms with van der Waals surface area (Å²) in [6.07, 6.45) is 2.16. The molecule has 1 heterocycles. The topological polar surface area (TPSA) is 85.9 Å². The molecule has 0 radical (unpaired) electrons. The quantitative estimate of drug-likeness (QED) is 0.711. The smallest absolute Gasteiger partial charge is 0.276 e. The zero-order valence-electron chi connectivity index (χ0n) is 15.2. The molecule has 7 nitrogen and oxygen atoms in total. The first-order valence-electron chi connectivity index (χ1n) is 8.92. The van der Waals surface area contributed by atoms with Crippen LogP contribution in [0.1, 0.15) is 23.2 Å². The fourth-order valence-corrected chi connectivity index (χ4v) is 2.58. The molecule has 1 atom stereocenters. The van der Waals surface area contributed by atoms with E-state index in [1.54, 1.807) is 24.3 Å². The third kappa shape index (κ3) is 5.95. The van der Waals surface area contributed by atoms with Crippen molar-refractivity contribution < 1.29 is 28.2 Å². The Morgan fingerprint density at radius 1 is 1.00 bits per heavy atom. The summed E-state index contributed by atoms with van der Waals surface area (Å²) in [5.41, 5.74) is 4.92. The van der Waals surface area contributed by atoms with E-state index in [1.165, 1.54) is 24.3 Å². The predicted octanol–water partition coefficient (Wildman–Crippen LogP) is 2.22. The summed E-state index contributed by atoms with van der Waals surface area (Å²) in [4.78, 5) is 23.8. The monoisotopic (exact) mass is 388 g/mol. The second kappa shape index (κ2) is 9.70. The Morgan fingerprint density at radius 3 is 2.36 bits per heavy atom. The first-order chi connectivity index (χ1) is 13.6. The summed E-state index contributed by atoms with van der Waals surface area (Å²) in [5.74, 6) is -0.424. The summed E-state index contributed by atoms with van der Waals surface area (Å²) in [5, 5.41) is 0. The number of carbonyl (C=O) groups is 2. The summed E-state index contributed by atoms with van der Waals surface area (Å²) >= 11 is 0. The van der Waals surface area contributed by atoms with E-state index >= 15 is 0 Å². The van der Waals surface area contributed by atoms with Gasteiger partial charge < -0.3 is 14.2 Å². The molecule has 0 aromatic heterocycles. The minimum Gasteiger partial charge on any atom is -0.491 e. The van der Waals surface area contributed by atoms with Crippen molar-refractivity contribution in [3.05, 3.63) is 59.9 Å². The minimum absolute atomic E-state index is 0.121. The number of benzene rings is 2. The normalized spacial score (nSPS) is 15.7. The molecule has 1 unspecified atom stereocenters. The van der Waals surface area contributed by atoms with E-state index in [2.05, 4.69) is 10.9 Å². The van der Waals surface area contributed by atoms with Crippen LogP contribution in [-0.2, 0) is 9.53 Å². The maximum absolute atomic E-state index is 12.8. The van der Waals surface area contributed by atoms with Gasteiger partial charge in [-0.2, -0.15) is 0 Å². The van der Waals surface area contributed by atoms with Crippen molar-refractivity contribution in [3.63, 3.8) is 0 Å². The molecule has 2 aromatic carbocycles. The number of carbonyl (C=O) groups excluding carboxylic acids is 2. The van der Waals surface area contributed by atoms with Gasteiger partial charge in [-0.3, -0.25) is 20.4 Å². The third-order valence-corrected chi connectivity index (χ3v) is 4.08. The van der Waals surface area contributed by atoms with E-state index in [1.807, 2.05) is 0 Å². The third-order valence-electron chi connectivity index (χ3n) is 4.08. The number of hydrogen-bond donors (Lipinski definition) is 2. The first-order valence-corrected chi connectivity index (χ1v) is 8.92. The van der Waals surface area contributed by atoms with Crippen LogP contribution in [0.4, 0.5) is 4.39 Å². The molecule has 148 valence electrons. The van der Waals surface area contributed by atoms with Crippen molar-refractivity contribution in [3.8, 4) is 11.5 Å². The Morgan fingerprint density at radius 2 is 1.68 bits per heavy atom. The summed E-state index contributed by atoms with van der Waals surface area (Å²) in [6, 6.07) is 11.8. The molecule has 0 saturated carbocycles. The van der Waals surface area contributed by atoms with Crippen molar-refractivity contribution in [1.82, 2.24) is 10.9 Å². The van der Waals surface area contributed by atoms with Crippen molar-refractivity contribution in [2.24, 2.45) is 0 Å². The number of ether oxygens (including phenoxy) is 3. The predicted molar refractivity (Wildman–Crippen MR) is 98.4 cm³/mol. The van der Waals surface area contributed by atoms with Crippen LogP contribution in [0.5, 0.6) is 11.5 Å². The van der Waals surface area contributed by atoms with Gasteiger partial charge in [-0.1, -0.05) is 0 Å². The average molecular weight is 388 g/mol. The molecule has 2 aromatic rings. The largest absolute Gasteiger partial charge is 0.491 e. The number of hydrazine groups is 1. The standard InChI is InChI=1S/C20H21FN2O5/c21-15-5-9-17(10-6-15)28-13-19(24)22-23-20(25)14-3-7-16(8-4-14)27-12-18-2-1-11-26-18/h3-10,18H,1-2,11-13H2,(H,22,24)(H,23,25). The van der Waals surface area contributed by atoms with Gasteiger partial charge in [0.15, 0.2) is 6.61 Å². The highest BCUT2D eigenvalue weighted by Gasteiger charge is 2.16. The van der Waals surface area contributed by atoms with Gasteiger partial charge in [0.25, 0.3) is 11.8 Å². The van der Waals surface area contributed by atoms with Crippen LogP contribution in [-0.4, -0.2) is 37.7 Å². The molecule has 1 aliphatic rings. The highest BCUT2D eigenvalue weighted by Crippen LogP contribution is 2.16. The summed E-state index contributed by atoms with van der Waals surface area (Å²) in [7, 11) is 0. The Labute approximate surface area is 161 Å². The molecule has 2 amide bonds. The van der Waals surface area contributed by atoms with Gasteiger partial charge in [-0.15, -0.1) is 0 Å². The Hall–Kier alpha value is -3.13. The van der Waals surface area contributed by atoms with E-state index in [0.717, 1.165) is 19.4 Å². The van der Waals surface area contributed by atoms with Crippen LogP contribution < -0.4 is 20.3 Å². The van der Waals surface area contributed by atoms with E-state index in [0.29, 0.717) is 23.7 Å². The SMILES string of the molecule is O=C(COc1ccc(F)cc1)NNC(=O)c1ccc(OCC2CCCO2)cc1. The van der Waals surface area contributed by atoms with Crippen molar-refractivity contribution in [2.75, 3.05) is 19.8 Å². The highest BCUT2D eigenvalue weighted by atomic mass is 19.1. The average Bonchev–Trinajstić information content (AvgIpc) is 3.24. The molecule has 8 heteroatoms. The summed E-state index contributed by atoms with van der Waals surface area (Å²) in [6.45, 7) is 0.936. The van der Waals surface area contributed by atoms with Gasteiger partial charge in [0.2, 0.25) is 0 Å². The van der Waals surface area contributed by atoms with E-state index in [9.17, 15) is 14.0 Å². The molecular formula is C20H21FN2O5. The van der Waals surface area contributed by atoms with Gasteiger partial charge in [-0.25, -0.2) is 4.39 Å². The molecule has 28 heavy (non-hydrogen) atoms. The number of amides is 2. The van der Waals surface area contributed by atoms with Gasteiger partial charge in [0, 0.05) is 12.2 Å². The molecule has 0 spiro atoms. The van der Waals surface area contributed by atoms with Crippen molar-refractivity contribution in [1.29, 1.82) is 0 Å². The zero-order valence-corrected chi connectivity index (χ0v) is 15.2. The summed E-state index contributed by atoms with van der Waals surface area (Å²) < 4.78 is 29.1. The molecule has 0 aliphatic carbocycles. The number of hydrogen-bond acceptors (Lipinski definition) is 5. The molecule has 0 bridgehead atoms. The lowest BCUT2D eigenvalue weighted by molar-refractivity contribution is -0.123. The van der Waals surface area contributed by atoms with Crippen LogP contribution in [0.2, 0.25) is 0 Å². The van der Waals surface area contributed by atoms with Gasteiger partial charge >= 0.3 is 0 Å². The highest BCUT2D eigenvalue weighted by molar-refractivity contribution is 5.95. The molecular weight excluding hydrogens is 367 g/mol. The van der Waals surface area contributed by atoms with Gasteiger partial charge in [-0.05, 0) is 61.4 Å². The van der Waals surface area contributed by atoms with E-state index in [-0.39, 0.29) is 12.7 Å². The number of rotatable bonds is 7. The fourth-order valence-electron chi connectivity index (χ4n) is 2.58. The van der Waals surface area contributed by atoms with Crippen LogP contribution in [0.15, 0.2) is 48.5 Å². The first kappa shape index (κ1) is 19.6. The van der Waals surface area contributed by atoms with Crippen LogP contribution >= 0.6 is 0 Å². The maximum atomic E-state index is 12.8. The molecule has 3 rings (SSSR count). The van der Waals surface area contributed by atoms with Crippen LogP contribution in [0.3, 0.4) is 0 Å². The fraction of sp³-hybridized carbons (Fsp3) is 0.300. The molecule has 1 aliphatic heterocycles. The minimum atomic E-state index is -0.547. The number of nitrogens with one attached hydrogen (secondary N) is 2. The second-order valence-electron chi connectivity index (χ2n) is 6.22. The van der Waals surface area contributed by atoms with Gasteiger partial charge in [0.05, 0.1) is 6.10 Å². The maximum Gasteiger partial charge on any atom is 0.276 e. The number of halogens is 1. The van der Waals surface area contributed by atoms with Crippen molar-refractivity contribution in [2.45, 2.75) is 18.9 Å². The molecule has 1 fully saturated rings.